The molecule has 0 radical (unpaired) electrons. The van der Waals surface area contributed by atoms with E-state index in [9.17, 15) is 9.59 Å². The molecule has 5 heteroatoms. The number of esters is 1. The van der Waals surface area contributed by atoms with Crippen molar-refractivity contribution >= 4 is 17.6 Å². The van der Waals surface area contributed by atoms with Crippen molar-refractivity contribution < 1.29 is 14.3 Å². The number of ether oxygens (including phenoxy) is 1. The summed E-state index contributed by atoms with van der Waals surface area (Å²) >= 11 is 0. The van der Waals surface area contributed by atoms with E-state index in [1.807, 2.05) is 54.6 Å². The van der Waals surface area contributed by atoms with Gasteiger partial charge >= 0.3 is 5.97 Å². The van der Waals surface area contributed by atoms with Gasteiger partial charge in [0.05, 0.1) is 17.9 Å². The molecule has 1 aliphatic carbocycles. The summed E-state index contributed by atoms with van der Waals surface area (Å²) in [6.07, 6.45) is 1.68. The van der Waals surface area contributed by atoms with Crippen molar-refractivity contribution in [1.29, 1.82) is 5.26 Å². The Bertz CT molecular complexity index is 808. The highest BCUT2D eigenvalue weighted by Crippen LogP contribution is 2.49. The number of rotatable bonds is 7. The lowest BCUT2D eigenvalue weighted by atomic mass is 9.96. The van der Waals surface area contributed by atoms with Crippen molar-refractivity contribution in [3.63, 3.8) is 0 Å². The fraction of sp³-hybridized carbons (Fsp3) is 0.286. The molecule has 0 saturated heterocycles. The molecule has 0 aromatic heterocycles. The van der Waals surface area contributed by atoms with Gasteiger partial charge < -0.3 is 9.64 Å². The van der Waals surface area contributed by atoms with Crippen LogP contribution in [0.15, 0.2) is 60.7 Å². The fourth-order valence-corrected chi connectivity index (χ4v) is 3.00. The van der Waals surface area contributed by atoms with Crippen LogP contribution >= 0.6 is 0 Å². The number of para-hydroxylation sites is 1. The Morgan fingerprint density at radius 2 is 1.65 bits per heavy atom. The predicted octanol–water partition coefficient (Wildman–Crippen LogP) is 3.21. The van der Waals surface area contributed by atoms with Crippen LogP contribution in [0.25, 0.3) is 0 Å². The van der Waals surface area contributed by atoms with Crippen molar-refractivity contribution in [3.8, 4) is 6.07 Å². The van der Waals surface area contributed by atoms with E-state index in [1.165, 1.54) is 4.90 Å². The van der Waals surface area contributed by atoms with Gasteiger partial charge in [0.25, 0.3) is 5.91 Å². The molecule has 5 nitrogen and oxygen atoms in total. The maximum Gasteiger partial charge on any atom is 0.317 e. The van der Waals surface area contributed by atoms with E-state index in [-0.39, 0.29) is 31.4 Å². The number of carbonyl (C=O) groups excluding carboxylic acids is 2. The third-order valence-corrected chi connectivity index (χ3v) is 4.61. The minimum atomic E-state index is -0.605. The molecule has 0 aliphatic heterocycles. The second-order valence-corrected chi connectivity index (χ2v) is 6.31. The van der Waals surface area contributed by atoms with Crippen molar-refractivity contribution in [2.45, 2.75) is 24.7 Å². The van der Waals surface area contributed by atoms with Gasteiger partial charge in [-0.2, -0.15) is 5.26 Å². The number of nitriles is 1. The zero-order valence-electron chi connectivity index (χ0n) is 14.4. The van der Waals surface area contributed by atoms with Gasteiger partial charge in [0.2, 0.25) is 0 Å². The Morgan fingerprint density at radius 3 is 2.23 bits per heavy atom. The second-order valence-electron chi connectivity index (χ2n) is 6.31. The average molecular weight is 348 g/mol. The molecule has 26 heavy (non-hydrogen) atoms. The van der Waals surface area contributed by atoms with Gasteiger partial charge in [-0.15, -0.1) is 0 Å². The average Bonchev–Trinajstić information content (AvgIpc) is 3.50. The third-order valence-electron chi connectivity index (χ3n) is 4.61. The molecule has 1 aliphatic rings. The van der Waals surface area contributed by atoms with E-state index < -0.39 is 5.41 Å². The van der Waals surface area contributed by atoms with E-state index in [1.54, 1.807) is 12.1 Å². The Morgan fingerprint density at radius 1 is 1.04 bits per heavy atom. The molecule has 0 spiro atoms. The third kappa shape index (κ3) is 3.75. The van der Waals surface area contributed by atoms with E-state index in [0.717, 1.165) is 18.4 Å². The minimum Gasteiger partial charge on any atom is -0.455 e. The number of hydrogen-bond acceptors (Lipinski definition) is 4. The van der Waals surface area contributed by atoms with Gasteiger partial charge in [0.1, 0.15) is 0 Å². The largest absolute Gasteiger partial charge is 0.455 e. The van der Waals surface area contributed by atoms with E-state index in [4.69, 9.17) is 10.00 Å². The maximum atomic E-state index is 12.6. The highest BCUT2D eigenvalue weighted by Gasteiger charge is 2.52. The number of amides is 1. The molecule has 1 saturated carbocycles. The summed E-state index contributed by atoms with van der Waals surface area (Å²) in [5, 5.41) is 8.83. The van der Waals surface area contributed by atoms with Gasteiger partial charge in [0.15, 0.2) is 6.61 Å². The summed E-state index contributed by atoms with van der Waals surface area (Å²) in [5.74, 6) is -0.686. The van der Waals surface area contributed by atoms with Gasteiger partial charge in [0, 0.05) is 12.2 Å². The van der Waals surface area contributed by atoms with Crippen molar-refractivity contribution in [1.82, 2.24) is 0 Å². The topological polar surface area (TPSA) is 70.4 Å². The van der Waals surface area contributed by atoms with Crippen LogP contribution < -0.4 is 4.90 Å². The van der Waals surface area contributed by atoms with Crippen LogP contribution in [0.1, 0.15) is 24.8 Å². The van der Waals surface area contributed by atoms with Gasteiger partial charge in [-0.3, -0.25) is 9.59 Å². The summed E-state index contributed by atoms with van der Waals surface area (Å²) in [4.78, 5) is 26.6. The summed E-state index contributed by atoms with van der Waals surface area (Å²) in [7, 11) is 0. The molecular formula is C21H20N2O3. The predicted molar refractivity (Wildman–Crippen MR) is 97.3 cm³/mol. The molecule has 132 valence electrons. The Kier molecular flexibility index (Phi) is 5.33. The second kappa shape index (κ2) is 7.83. The smallest absolute Gasteiger partial charge is 0.317 e. The molecular weight excluding hydrogens is 328 g/mol. The lowest BCUT2D eigenvalue weighted by molar-refractivity contribution is -0.150. The van der Waals surface area contributed by atoms with Crippen LogP contribution in [-0.4, -0.2) is 25.0 Å². The van der Waals surface area contributed by atoms with Gasteiger partial charge in [-0.1, -0.05) is 48.5 Å². The Hall–Kier alpha value is -3.13. The van der Waals surface area contributed by atoms with E-state index in [0.29, 0.717) is 5.69 Å². The quantitative estimate of drug-likeness (QED) is 0.721. The first-order chi connectivity index (χ1) is 12.7. The van der Waals surface area contributed by atoms with Crippen LogP contribution in [0.4, 0.5) is 5.69 Å². The van der Waals surface area contributed by atoms with E-state index in [2.05, 4.69) is 0 Å². The lowest BCUT2D eigenvalue weighted by Gasteiger charge is -2.22. The maximum absolute atomic E-state index is 12.6. The van der Waals surface area contributed by atoms with Crippen molar-refractivity contribution in [3.05, 3.63) is 66.2 Å². The van der Waals surface area contributed by atoms with Crippen LogP contribution in [0.5, 0.6) is 0 Å². The number of nitrogens with zero attached hydrogens (tertiary/aromatic N) is 2. The molecule has 2 aromatic rings. The van der Waals surface area contributed by atoms with Gasteiger partial charge in [-0.05, 0) is 30.5 Å². The monoisotopic (exact) mass is 348 g/mol. The molecule has 1 amide bonds. The van der Waals surface area contributed by atoms with Crippen LogP contribution in [0.3, 0.4) is 0 Å². The molecule has 0 bridgehead atoms. The molecule has 0 N–H and O–H groups in total. The number of anilines is 1. The Labute approximate surface area is 152 Å². The number of carbonyl (C=O) groups is 2. The SMILES string of the molecule is N#CCCN(C(=O)COC(=O)C1(c2ccccc2)CC1)c1ccccc1. The molecule has 1 fully saturated rings. The zero-order valence-corrected chi connectivity index (χ0v) is 14.4. The summed E-state index contributed by atoms with van der Waals surface area (Å²) in [6.45, 7) is -0.0610. The summed E-state index contributed by atoms with van der Waals surface area (Å²) in [6, 6.07) is 20.7. The normalized spacial score (nSPS) is 14.1. The van der Waals surface area contributed by atoms with Crippen LogP contribution in [-0.2, 0) is 19.7 Å². The first-order valence-corrected chi connectivity index (χ1v) is 8.62. The molecule has 0 heterocycles. The highest BCUT2D eigenvalue weighted by molar-refractivity contribution is 5.96. The summed E-state index contributed by atoms with van der Waals surface area (Å²) in [5.41, 5.74) is 1.01. The first-order valence-electron chi connectivity index (χ1n) is 8.62. The minimum absolute atomic E-state index is 0.211. The highest BCUT2D eigenvalue weighted by atomic mass is 16.5. The number of benzene rings is 2. The molecule has 3 rings (SSSR count). The van der Waals surface area contributed by atoms with Crippen LogP contribution in [0.2, 0.25) is 0 Å². The van der Waals surface area contributed by atoms with Crippen LogP contribution in [0, 0.1) is 11.3 Å². The zero-order chi connectivity index (χ0) is 18.4. The molecule has 0 atom stereocenters. The fourth-order valence-electron chi connectivity index (χ4n) is 3.00. The standard InChI is InChI=1S/C21H20N2O3/c22-14-7-15-23(18-10-5-2-6-11-18)19(24)16-26-20(25)21(12-13-21)17-8-3-1-4-9-17/h1-6,8-11H,7,12-13,15-16H2. The van der Waals surface area contributed by atoms with Crippen molar-refractivity contribution in [2.24, 2.45) is 0 Å². The number of hydrogen-bond donors (Lipinski definition) is 0. The molecule has 2 aromatic carbocycles. The lowest BCUT2D eigenvalue weighted by Crippen LogP contribution is -2.36. The molecule has 0 unspecified atom stereocenters. The summed E-state index contributed by atoms with van der Waals surface area (Å²) < 4.78 is 5.35. The van der Waals surface area contributed by atoms with Crippen molar-refractivity contribution in [2.75, 3.05) is 18.1 Å². The van der Waals surface area contributed by atoms with Gasteiger partial charge in [-0.25, -0.2) is 0 Å². The first kappa shape index (κ1) is 17.7. The Balaban J connectivity index is 1.65. The van der Waals surface area contributed by atoms with E-state index >= 15 is 0 Å².